The topological polar surface area (TPSA) is 32.8 Å². The summed E-state index contributed by atoms with van der Waals surface area (Å²) < 4.78 is 22.9. The first kappa shape index (κ1) is 60.4. The van der Waals surface area contributed by atoms with E-state index in [4.69, 9.17) is 8.83 Å². The average Bonchev–Trinajstić information content (AvgIpc) is 1.52. The van der Waals surface area contributed by atoms with Crippen molar-refractivity contribution < 1.29 is 8.83 Å². The van der Waals surface area contributed by atoms with Gasteiger partial charge >= 0.3 is 0 Å². The summed E-state index contributed by atoms with van der Waals surface area (Å²) in [5.74, 6) is 0. The molecule has 104 heavy (non-hydrogen) atoms. The van der Waals surface area contributed by atoms with E-state index in [-0.39, 0.29) is 0 Å². The van der Waals surface area contributed by atoms with Gasteiger partial charge in [-0.2, -0.15) is 0 Å². The summed E-state index contributed by atoms with van der Waals surface area (Å²) in [6.45, 7) is 0. The van der Waals surface area contributed by atoms with Gasteiger partial charge in [-0.05, 0) is 184 Å². The summed E-state index contributed by atoms with van der Waals surface area (Å²) >= 11 is 7.44. The molecule has 0 saturated heterocycles. The van der Waals surface area contributed by atoms with Crippen molar-refractivity contribution in [2.75, 3.05) is 9.80 Å². The minimum Gasteiger partial charge on any atom is -0.456 e. The molecule has 8 heteroatoms. The molecule has 0 saturated carbocycles. The highest BCUT2D eigenvalue weighted by Gasteiger charge is 2.24. The molecule has 0 atom stereocenters. The van der Waals surface area contributed by atoms with Gasteiger partial charge in [0.1, 0.15) is 22.3 Å². The van der Waals surface area contributed by atoms with Gasteiger partial charge in [-0.25, -0.2) is 0 Å². The van der Waals surface area contributed by atoms with Crippen LogP contribution in [-0.4, -0.2) is 0 Å². The fourth-order valence-electron chi connectivity index (χ4n) is 15.9. The van der Waals surface area contributed by atoms with Crippen molar-refractivity contribution in [3.63, 3.8) is 0 Å². The summed E-state index contributed by atoms with van der Waals surface area (Å²) in [7, 11) is 0. The normalized spacial score (nSPS) is 11.8. The zero-order valence-electron chi connectivity index (χ0n) is 55.8. The fraction of sp³-hybridized carbons (Fsp3) is 0. The first-order valence-electron chi connectivity index (χ1n) is 35.0. The highest BCUT2D eigenvalue weighted by Crippen LogP contribution is 2.51. The van der Waals surface area contributed by atoms with E-state index in [0.29, 0.717) is 0 Å². The molecule has 22 rings (SSSR count). The van der Waals surface area contributed by atoms with Crippen LogP contribution in [0.4, 0.5) is 34.1 Å². The van der Waals surface area contributed by atoms with E-state index >= 15 is 0 Å². The van der Waals surface area contributed by atoms with Crippen molar-refractivity contribution in [3.8, 4) is 44.5 Å². The van der Waals surface area contributed by atoms with Crippen LogP contribution in [0.1, 0.15) is 0 Å². The average molecular weight is 1400 g/mol. The predicted molar refractivity (Wildman–Crippen MR) is 450 cm³/mol. The first-order valence-corrected chi connectivity index (χ1v) is 38.3. The highest BCUT2D eigenvalue weighted by atomic mass is 32.1. The summed E-state index contributed by atoms with van der Waals surface area (Å²) in [5, 5.41) is 15.0. The van der Waals surface area contributed by atoms with Crippen LogP contribution in [0.5, 0.6) is 0 Å². The Hall–Kier alpha value is -12.4. The minimum absolute atomic E-state index is 0.902. The van der Waals surface area contributed by atoms with Crippen LogP contribution in [-0.2, 0) is 0 Å². The number of furan rings is 2. The van der Waals surface area contributed by atoms with Crippen molar-refractivity contribution in [1.82, 2.24) is 0 Å². The van der Waals surface area contributed by atoms with Crippen LogP contribution in [0, 0.1) is 0 Å². The number of hydrogen-bond donors (Lipinski definition) is 0. The molecule has 0 spiro atoms. The van der Waals surface area contributed by atoms with Gasteiger partial charge in [0, 0.05) is 125 Å². The van der Waals surface area contributed by atoms with Gasteiger partial charge < -0.3 is 18.6 Å². The number of hydrogen-bond acceptors (Lipinski definition) is 8. The molecule has 0 aliphatic rings. The lowest BCUT2D eigenvalue weighted by atomic mass is 9.98. The van der Waals surface area contributed by atoms with E-state index in [2.05, 4.69) is 337 Å². The quantitative estimate of drug-likeness (QED) is 0.137. The minimum atomic E-state index is 0.902. The van der Waals surface area contributed by atoms with E-state index in [1.807, 2.05) is 69.6 Å². The Morgan fingerprint density at radius 3 is 1.04 bits per heavy atom. The molecule has 6 aromatic heterocycles. The summed E-state index contributed by atoms with van der Waals surface area (Å²) in [4.78, 5) is 4.87. The molecule has 0 fully saturated rings. The van der Waals surface area contributed by atoms with E-state index < -0.39 is 0 Å². The Balaban J connectivity index is 0.000000134. The molecule has 0 N–H and O–H groups in total. The lowest BCUT2D eigenvalue weighted by Gasteiger charge is -2.27. The Bertz CT molecular complexity index is 7150. The second kappa shape index (κ2) is 24.7. The van der Waals surface area contributed by atoms with Crippen molar-refractivity contribution in [2.24, 2.45) is 0 Å². The molecule has 0 aliphatic carbocycles. The van der Waals surface area contributed by atoms with Crippen LogP contribution in [0.25, 0.3) is 169 Å². The van der Waals surface area contributed by atoms with Gasteiger partial charge in [-0.15, -0.1) is 45.3 Å². The molecule has 0 amide bonds. The maximum absolute atomic E-state index is 6.30. The zero-order valence-corrected chi connectivity index (χ0v) is 59.1. The molecule has 22 aromatic rings. The summed E-state index contributed by atoms with van der Waals surface area (Å²) in [5.41, 5.74) is 20.0. The van der Waals surface area contributed by atoms with E-state index in [1.165, 1.54) is 109 Å². The second-order valence-electron chi connectivity index (χ2n) is 26.5. The third kappa shape index (κ3) is 10.0. The molecule has 6 heterocycles. The van der Waals surface area contributed by atoms with Crippen molar-refractivity contribution in [3.05, 3.63) is 352 Å². The van der Waals surface area contributed by atoms with Crippen LogP contribution < -0.4 is 9.80 Å². The number of para-hydroxylation sites is 2. The van der Waals surface area contributed by atoms with Gasteiger partial charge in [0.15, 0.2) is 0 Å². The van der Waals surface area contributed by atoms with Crippen LogP contribution in [0.2, 0.25) is 0 Å². The van der Waals surface area contributed by atoms with Gasteiger partial charge in [0.2, 0.25) is 0 Å². The number of rotatable bonds is 10. The lowest BCUT2D eigenvalue weighted by molar-refractivity contribution is 0.668. The Labute approximate surface area is 614 Å². The molecular weight excluding hydrogens is 1340 g/mol. The maximum atomic E-state index is 6.30. The molecule has 488 valence electrons. The van der Waals surface area contributed by atoms with Gasteiger partial charge in [0.05, 0.1) is 11.4 Å². The molecule has 4 nitrogen and oxygen atoms in total. The molecule has 0 bridgehead atoms. The molecule has 16 aromatic carbocycles. The van der Waals surface area contributed by atoms with E-state index in [0.717, 1.165) is 94.6 Å². The van der Waals surface area contributed by atoms with Crippen molar-refractivity contribution in [2.45, 2.75) is 0 Å². The third-order valence-electron chi connectivity index (χ3n) is 20.6. The smallest absolute Gasteiger partial charge is 0.136 e. The standard InChI is InChI=1S/2C48H29NOS2/c1-4-19-40-36(13-1)46-35(16-8-20-41(46)50-40)31-11-7-12-33(29-31)49(39-18-10-24-45-48(39)38-15-3-6-22-43(38)52-45)32-27-25-30(26-28-32)34-17-9-23-44-47(34)37-14-2-5-21-42(37)51-44;1-4-17-41-36(12-1)39-29-32(24-27-42(39)50-41)31-10-7-11-34(28-31)49(40-16-9-21-46-48(40)38-14-3-6-19-44(38)52-46)33-25-22-30(23-26-33)35-15-8-20-45-47(35)37-13-2-5-18-43(37)51-45/h2*1-29H. The highest BCUT2D eigenvalue weighted by molar-refractivity contribution is 7.27. The zero-order chi connectivity index (χ0) is 68.3. The lowest BCUT2D eigenvalue weighted by Crippen LogP contribution is -2.10. The molecule has 0 aliphatic heterocycles. The number of benzene rings is 16. The number of fused-ring (bicyclic) bond motifs is 18. The number of anilines is 6. The fourth-order valence-corrected chi connectivity index (χ4v) is 20.4. The molecule has 0 unspecified atom stereocenters. The first-order chi connectivity index (χ1) is 51.5. The Morgan fingerprint density at radius 1 is 0.183 bits per heavy atom. The maximum Gasteiger partial charge on any atom is 0.136 e. The summed E-state index contributed by atoms with van der Waals surface area (Å²) in [6.07, 6.45) is 0. The van der Waals surface area contributed by atoms with Crippen LogP contribution >= 0.6 is 45.3 Å². The van der Waals surface area contributed by atoms with Crippen LogP contribution in [0.3, 0.4) is 0 Å². The largest absolute Gasteiger partial charge is 0.456 e. The number of thiophene rings is 4. The van der Waals surface area contributed by atoms with Crippen LogP contribution in [0.15, 0.2) is 361 Å². The number of nitrogens with zero attached hydrogens (tertiary/aromatic N) is 2. The van der Waals surface area contributed by atoms with Gasteiger partial charge in [-0.3, -0.25) is 0 Å². The third-order valence-corrected chi connectivity index (χ3v) is 25.1. The molecular formula is C96H58N2O2S4. The SMILES string of the molecule is c1cc(-c2ccc3oc4ccccc4c3c2)cc(N(c2ccc(-c3cccc4sc5ccccc5c34)cc2)c2cccc3sc4ccccc4c23)c1.c1cc(-c2cccc3oc4ccccc4c23)cc(N(c2ccc(-c3cccc4sc5ccccc5c34)cc2)c2cccc3sc4ccccc4c23)c1. The van der Waals surface area contributed by atoms with E-state index in [9.17, 15) is 0 Å². The second-order valence-corrected chi connectivity index (χ2v) is 30.8. The monoisotopic (exact) mass is 1400 g/mol. The Morgan fingerprint density at radius 2 is 0.519 bits per heavy atom. The van der Waals surface area contributed by atoms with Crippen molar-refractivity contribution in [1.29, 1.82) is 0 Å². The predicted octanol–water partition coefficient (Wildman–Crippen LogP) is 30.3. The molecule has 0 radical (unpaired) electrons. The Kier molecular flexibility index (Phi) is 14.3. The summed E-state index contributed by atoms with van der Waals surface area (Å²) in [6, 6.07) is 128. The van der Waals surface area contributed by atoms with Crippen molar-refractivity contribution >= 4 is 204 Å². The van der Waals surface area contributed by atoms with Gasteiger partial charge in [0.25, 0.3) is 0 Å². The van der Waals surface area contributed by atoms with Gasteiger partial charge in [-0.1, -0.05) is 212 Å². The van der Waals surface area contributed by atoms with E-state index in [1.54, 1.807) is 0 Å².